The summed E-state index contributed by atoms with van der Waals surface area (Å²) in [7, 11) is 0. The highest BCUT2D eigenvalue weighted by Crippen LogP contribution is 2.51. The molecule has 0 aromatic carbocycles. The van der Waals surface area contributed by atoms with Gasteiger partial charge in [-0.25, -0.2) is 4.98 Å². The molecule has 2 atom stereocenters. The molecule has 1 N–H and O–H groups in total. The maximum Gasteiger partial charge on any atom is 0.120 e. The minimum absolute atomic E-state index is 1.01. The van der Waals surface area contributed by atoms with E-state index in [0.717, 1.165) is 36.0 Å². The zero-order valence-corrected chi connectivity index (χ0v) is 10.3. The number of imidazole rings is 1. The van der Waals surface area contributed by atoms with E-state index in [-0.39, 0.29) is 0 Å². The minimum atomic E-state index is 1.01. The number of aromatic amines is 1. The average molecular weight is 231 g/mol. The van der Waals surface area contributed by atoms with Crippen LogP contribution in [0, 0.1) is 23.7 Å². The summed E-state index contributed by atoms with van der Waals surface area (Å²) in [5, 5.41) is 0. The lowest BCUT2D eigenvalue weighted by Crippen LogP contribution is -2.38. The van der Waals surface area contributed by atoms with Crippen LogP contribution >= 0.6 is 0 Å². The molecule has 4 aliphatic rings. The summed E-state index contributed by atoms with van der Waals surface area (Å²) in [6.45, 7) is 3.68. The van der Waals surface area contributed by atoms with Crippen LogP contribution in [0.3, 0.4) is 0 Å². The Morgan fingerprint density at radius 1 is 1.12 bits per heavy atom. The molecule has 2 heterocycles. The quantitative estimate of drug-likeness (QED) is 0.846. The van der Waals surface area contributed by atoms with E-state index >= 15 is 0 Å². The van der Waals surface area contributed by atoms with Gasteiger partial charge in [0.05, 0.1) is 6.54 Å². The summed E-state index contributed by atoms with van der Waals surface area (Å²) in [5.74, 6) is 5.25. The van der Waals surface area contributed by atoms with Gasteiger partial charge in [-0.3, -0.25) is 4.90 Å². The Kier molecular flexibility index (Phi) is 2.29. The fourth-order valence-electron chi connectivity index (χ4n) is 4.67. The van der Waals surface area contributed by atoms with E-state index in [1.807, 2.05) is 12.4 Å². The van der Waals surface area contributed by atoms with Gasteiger partial charge >= 0.3 is 0 Å². The number of rotatable bonds is 2. The normalized spacial score (nSPS) is 40.7. The Labute approximate surface area is 103 Å². The van der Waals surface area contributed by atoms with Gasteiger partial charge in [0.25, 0.3) is 0 Å². The van der Waals surface area contributed by atoms with E-state index in [2.05, 4.69) is 14.9 Å². The smallest absolute Gasteiger partial charge is 0.120 e. The van der Waals surface area contributed by atoms with Crippen LogP contribution < -0.4 is 0 Å². The maximum atomic E-state index is 4.35. The number of H-pyrrole nitrogens is 1. The number of nitrogens with one attached hydrogen (secondary N) is 1. The van der Waals surface area contributed by atoms with Gasteiger partial charge in [-0.1, -0.05) is 0 Å². The first kappa shape index (κ1) is 10.1. The van der Waals surface area contributed by atoms with Crippen molar-refractivity contribution >= 4 is 0 Å². The highest BCUT2D eigenvalue weighted by atomic mass is 15.2. The molecular weight excluding hydrogens is 210 g/mol. The summed E-state index contributed by atoms with van der Waals surface area (Å²) in [6, 6.07) is 0. The fourth-order valence-corrected chi connectivity index (χ4v) is 4.67. The molecule has 1 saturated heterocycles. The van der Waals surface area contributed by atoms with Crippen molar-refractivity contribution in [3.8, 4) is 0 Å². The van der Waals surface area contributed by atoms with Crippen LogP contribution in [0.25, 0.3) is 0 Å². The fraction of sp³-hybridized carbons (Fsp3) is 0.786. The lowest BCUT2D eigenvalue weighted by atomic mass is 9.60. The molecule has 0 radical (unpaired) electrons. The molecule has 0 unspecified atom stereocenters. The van der Waals surface area contributed by atoms with Gasteiger partial charge in [0.15, 0.2) is 0 Å². The molecule has 3 nitrogen and oxygen atoms in total. The third-order valence-electron chi connectivity index (χ3n) is 5.44. The van der Waals surface area contributed by atoms with Crippen LogP contribution in [0.4, 0.5) is 0 Å². The second-order valence-corrected chi connectivity index (χ2v) is 6.23. The number of hydrogen-bond acceptors (Lipinski definition) is 2. The zero-order valence-electron chi connectivity index (χ0n) is 10.3. The monoisotopic (exact) mass is 231 g/mol. The second kappa shape index (κ2) is 3.84. The van der Waals surface area contributed by atoms with Gasteiger partial charge in [-0.15, -0.1) is 0 Å². The largest absolute Gasteiger partial charge is 0.348 e. The Bertz CT molecular complexity index is 358. The number of aromatic nitrogens is 2. The molecule has 17 heavy (non-hydrogen) atoms. The van der Waals surface area contributed by atoms with E-state index < -0.39 is 0 Å². The molecule has 2 bridgehead atoms. The SMILES string of the molecule is c1c[nH]c(CN2C[C@@H]3C4CCC(CC4)[C@@H]3C2)n1. The molecule has 1 aliphatic heterocycles. The van der Waals surface area contributed by atoms with Crippen LogP contribution in [0.15, 0.2) is 12.4 Å². The molecule has 3 saturated carbocycles. The molecule has 5 rings (SSSR count). The third kappa shape index (κ3) is 1.63. The number of hydrogen-bond donors (Lipinski definition) is 1. The molecule has 92 valence electrons. The predicted octanol–water partition coefficient (Wildman–Crippen LogP) is 2.28. The second-order valence-electron chi connectivity index (χ2n) is 6.23. The van der Waals surface area contributed by atoms with Crippen molar-refractivity contribution in [3.05, 3.63) is 18.2 Å². The molecule has 0 amide bonds. The summed E-state index contributed by atoms with van der Waals surface area (Å²) in [5.41, 5.74) is 0. The van der Waals surface area contributed by atoms with Crippen molar-refractivity contribution in [2.24, 2.45) is 23.7 Å². The molecule has 1 aromatic rings. The minimum Gasteiger partial charge on any atom is -0.348 e. The topological polar surface area (TPSA) is 31.9 Å². The van der Waals surface area contributed by atoms with Crippen LogP contribution in [-0.2, 0) is 6.54 Å². The molecular formula is C14H21N3. The maximum absolute atomic E-state index is 4.35. The number of likely N-dealkylation sites (tertiary alicyclic amines) is 1. The number of fused-ring (bicyclic) bond motifs is 2. The van der Waals surface area contributed by atoms with Crippen molar-refractivity contribution in [1.82, 2.24) is 14.9 Å². The standard InChI is InChI=1S/C14H21N3/c1-2-11-4-3-10(1)12-7-17(8-13(11)12)9-14-15-5-6-16-14/h5-6,10-13H,1-4,7-9H2,(H,15,16)/t10?,11?,12-,13+. The van der Waals surface area contributed by atoms with Crippen LogP contribution in [0.2, 0.25) is 0 Å². The predicted molar refractivity (Wildman–Crippen MR) is 66.3 cm³/mol. The van der Waals surface area contributed by atoms with Crippen LogP contribution in [0.5, 0.6) is 0 Å². The Morgan fingerprint density at radius 2 is 1.76 bits per heavy atom. The van der Waals surface area contributed by atoms with E-state index in [4.69, 9.17) is 0 Å². The molecule has 0 spiro atoms. The Balaban J connectivity index is 1.48. The van der Waals surface area contributed by atoms with Crippen molar-refractivity contribution in [3.63, 3.8) is 0 Å². The first-order valence-corrected chi connectivity index (χ1v) is 7.11. The highest BCUT2D eigenvalue weighted by Gasteiger charge is 2.47. The zero-order chi connectivity index (χ0) is 11.2. The lowest BCUT2D eigenvalue weighted by Gasteiger charge is -2.45. The van der Waals surface area contributed by atoms with E-state index in [1.165, 1.54) is 38.8 Å². The third-order valence-corrected chi connectivity index (χ3v) is 5.44. The first-order valence-electron chi connectivity index (χ1n) is 7.11. The van der Waals surface area contributed by atoms with Gasteiger partial charge in [-0.05, 0) is 49.4 Å². The number of nitrogens with zero attached hydrogens (tertiary/aromatic N) is 2. The summed E-state index contributed by atoms with van der Waals surface area (Å²) in [6.07, 6.45) is 9.85. The van der Waals surface area contributed by atoms with Gasteiger partial charge in [-0.2, -0.15) is 0 Å². The van der Waals surface area contributed by atoms with Crippen LogP contribution in [0.1, 0.15) is 31.5 Å². The van der Waals surface area contributed by atoms with Gasteiger partial charge in [0, 0.05) is 25.5 Å². The average Bonchev–Trinajstić information content (AvgIpc) is 3.00. The Hall–Kier alpha value is -0.830. The molecule has 4 fully saturated rings. The molecule has 3 aliphatic carbocycles. The Morgan fingerprint density at radius 3 is 2.29 bits per heavy atom. The summed E-state index contributed by atoms with van der Waals surface area (Å²) < 4.78 is 0. The van der Waals surface area contributed by atoms with Crippen molar-refractivity contribution in [2.45, 2.75) is 32.2 Å². The van der Waals surface area contributed by atoms with E-state index in [1.54, 1.807) is 0 Å². The van der Waals surface area contributed by atoms with Gasteiger partial charge in [0.1, 0.15) is 5.82 Å². The first-order chi connectivity index (χ1) is 8.40. The van der Waals surface area contributed by atoms with Crippen LogP contribution in [-0.4, -0.2) is 28.0 Å². The van der Waals surface area contributed by atoms with E-state index in [9.17, 15) is 0 Å². The lowest BCUT2D eigenvalue weighted by molar-refractivity contribution is 0.0577. The van der Waals surface area contributed by atoms with Crippen molar-refractivity contribution < 1.29 is 0 Å². The van der Waals surface area contributed by atoms with Gasteiger partial charge < -0.3 is 4.98 Å². The summed E-state index contributed by atoms with van der Waals surface area (Å²) >= 11 is 0. The van der Waals surface area contributed by atoms with Crippen molar-refractivity contribution in [2.75, 3.05) is 13.1 Å². The molecule has 3 heteroatoms. The van der Waals surface area contributed by atoms with Gasteiger partial charge in [0.2, 0.25) is 0 Å². The summed E-state index contributed by atoms with van der Waals surface area (Å²) in [4.78, 5) is 10.2. The highest BCUT2D eigenvalue weighted by molar-refractivity contribution is 5.00. The van der Waals surface area contributed by atoms with Crippen molar-refractivity contribution in [1.29, 1.82) is 0 Å². The van der Waals surface area contributed by atoms with E-state index in [0.29, 0.717) is 0 Å². The molecule has 1 aromatic heterocycles.